The Labute approximate surface area is 145 Å². The smallest absolute Gasteiger partial charge is 0.256 e. The summed E-state index contributed by atoms with van der Waals surface area (Å²) in [7, 11) is 0. The van der Waals surface area contributed by atoms with Gasteiger partial charge < -0.3 is 10.6 Å². The first-order chi connectivity index (χ1) is 11.6. The molecule has 0 atom stereocenters. The first-order valence-electron chi connectivity index (χ1n) is 7.47. The summed E-state index contributed by atoms with van der Waals surface area (Å²) in [4.78, 5) is 16.4. The third kappa shape index (κ3) is 4.12. The number of hydrogen-bond donors (Lipinski definition) is 2. The molecule has 1 aromatic heterocycles. The van der Waals surface area contributed by atoms with E-state index in [0.29, 0.717) is 16.4 Å². The Morgan fingerprint density at radius 3 is 2.54 bits per heavy atom. The number of pyridine rings is 1. The third-order valence-electron chi connectivity index (χ3n) is 3.40. The number of rotatable bonds is 4. The van der Waals surface area contributed by atoms with Crippen molar-refractivity contribution < 1.29 is 4.79 Å². The molecule has 0 aliphatic heterocycles. The van der Waals surface area contributed by atoms with E-state index in [4.69, 9.17) is 11.6 Å². The van der Waals surface area contributed by atoms with Crippen LogP contribution in [0.3, 0.4) is 0 Å². The quantitative estimate of drug-likeness (QED) is 0.701. The molecule has 24 heavy (non-hydrogen) atoms. The van der Waals surface area contributed by atoms with Crippen molar-refractivity contribution in [1.29, 1.82) is 0 Å². The van der Waals surface area contributed by atoms with Crippen molar-refractivity contribution in [3.05, 3.63) is 83.0 Å². The number of benzene rings is 2. The van der Waals surface area contributed by atoms with E-state index >= 15 is 0 Å². The second-order valence-electron chi connectivity index (χ2n) is 5.39. The number of carbonyl (C=O) groups is 1. The van der Waals surface area contributed by atoms with Crippen LogP contribution in [-0.2, 0) is 0 Å². The van der Waals surface area contributed by atoms with Gasteiger partial charge >= 0.3 is 0 Å². The van der Waals surface area contributed by atoms with Gasteiger partial charge in [0.15, 0.2) is 0 Å². The Morgan fingerprint density at radius 2 is 1.83 bits per heavy atom. The van der Waals surface area contributed by atoms with Crippen molar-refractivity contribution in [1.82, 2.24) is 4.98 Å². The Balaban J connectivity index is 1.67. The Bertz CT molecular complexity index is 862. The topological polar surface area (TPSA) is 54.0 Å². The third-order valence-corrected chi connectivity index (χ3v) is 3.63. The van der Waals surface area contributed by atoms with Crippen LogP contribution in [0.4, 0.5) is 17.2 Å². The maximum atomic E-state index is 12.2. The van der Waals surface area contributed by atoms with Gasteiger partial charge in [-0.1, -0.05) is 29.8 Å². The van der Waals surface area contributed by atoms with E-state index in [1.165, 1.54) is 5.56 Å². The van der Waals surface area contributed by atoms with Gasteiger partial charge in [-0.25, -0.2) is 4.98 Å². The summed E-state index contributed by atoms with van der Waals surface area (Å²) in [6.45, 7) is 2.04. The standard InChI is InChI=1S/C19H16ClN3O/c1-13-4-2-7-16(10-13)22-17-8-9-18(21-12-17)23-19(24)14-5-3-6-15(20)11-14/h2-12,22H,1H3,(H,21,23,24). The zero-order valence-corrected chi connectivity index (χ0v) is 13.8. The molecular formula is C19H16ClN3O. The molecule has 0 aliphatic carbocycles. The molecule has 2 N–H and O–H groups in total. The lowest BCUT2D eigenvalue weighted by molar-refractivity contribution is 0.102. The molecule has 0 unspecified atom stereocenters. The maximum Gasteiger partial charge on any atom is 0.256 e. The normalized spacial score (nSPS) is 10.2. The van der Waals surface area contributed by atoms with Crippen molar-refractivity contribution in [2.75, 3.05) is 10.6 Å². The van der Waals surface area contributed by atoms with Crippen molar-refractivity contribution in [3.63, 3.8) is 0 Å². The van der Waals surface area contributed by atoms with Gasteiger partial charge in [0.05, 0.1) is 11.9 Å². The van der Waals surface area contributed by atoms with Crippen LogP contribution in [0.1, 0.15) is 15.9 Å². The lowest BCUT2D eigenvalue weighted by atomic mass is 10.2. The van der Waals surface area contributed by atoms with Crippen LogP contribution in [0, 0.1) is 6.92 Å². The lowest BCUT2D eigenvalue weighted by Crippen LogP contribution is -2.12. The highest BCUT2D eigenvalue weighted by Crippen LogP contribution is 2.18. The van der Waals surface area contributed by atoms with Gasteiger partial charge in [0, 0.05) is 16.3 Å². The summed E-state index contributed by atoms with van der Waals surface area (Å²) in [5, 5.41) is 6.54. The zero-order chi connectivity index (χ0) is 16.9. The Hall–Kier alpha value is -2.85. The molecule has 5 heteroatoms. The number of carbonyl (C=O) groups excluding carboxylic acids is 1. The maximum absolute atomic E-state index is 12.2. The zero-order valence-electron chi connectivity index (χ0n) is 13.1. The summed E-state index contributed by atoms with van der Waals surface area (Å²) < 4.78 is 0. The average molecular weight is 338 g/mol. The predicted octanol–water partition coefficient (Wildman–Crippen LogP) is 5.04. The second-order valence-corrected chi connectivity index (χ2v) is 5.83. The highest BCUT2D eigenvalue weighted by Gasteiger charge is 2.07. The van der Waals surface area contributed by atoms with E-state index in [9.17, 15) is 4.79 Å². The predicted molar refractivity (Wildman–Crippen MR) is 98.1 cm³/mol. The molecule has 0 aliphatic rings. The van der Waals surface area contributed by atoms with Crippen LogP contribution in [0.25, 0.3) is 0 Å². The molecule has 3 rings (SSSR count). The Morgan fingerprint density at radius 1 is 1.00 bits per heavy atom. The van der Waals surface area contributed by atoms with Gasteiger partial charge in [0.25, 0.3) is 5.91 Å². The first-order valence-corrected chi connectivity index (χ1v) is 7.84. The molecule has 0 spiro atoms. The number of nitrogens with one attached hydrogen (secondary N) is 2. The minimum Gasteiger partial charge on any atom is -0.354 e. The number of aromatic nitrogens is 1. The molecule has 1 heterocycles. The number of nitrogens with zero attached hydrogens (tertiary/aromatic N) is 1. The van der Waals surface area contributed by atoms with Crippen LogP contribution in [0.2, 0.25) is 5.02 Å². The molecule has 2 aromatic carbocycles. The van der Waals surface area contributed by atoms with Crippen LogP contribution in [-0.4, -0.2) is 10.9 Å². The SMILES string of the molecule is Cc1cccc(Nc2ccc(NC(=O)c3cccc(Cl)c3)nc2)c1. The summed E-state index contributed by atoms with van der Waals surface area (Å²) in [6.07, 6.45) is 1.68. The summed E-state index contributed by atoms with van der Waals surface area (Å²) in [6, 6.07) is 18.5. The summed E-state index contributed by atoms with van der Waals surface area (Å²) in [5.74, 6) is 0.235. The number of hydrogen-bond acceptors (Lipinski definition) is 3. The van der Waals surface area contributed by atoms with Crippen molar-refractivity contribution in [3.8, 4) is 0 Å². The minimum absolute atomic E-state index is 0.246. The van der Waals surface area contributed by atoms with Gasteiger partial charge in [-0.05, 0) is 55.0 Å². The number of halogens is 1. The van der Waals surface area contributed by atoms with Crippen molar-refractivity contribution >= 4 is 34.7 Å². The first kappa shape index (κ1) is 16.0. The van der Waals surface area contributed by atoms with Gasteiger partial charge in [0.2, 0.25) is 0 Å². The van der Waals surface area contributed by atoms with Crippen LogP contribution in [0.5, 0.6) is 0 Å². The van der Waals surface area contributed by atoms with Crippen LogP contribution >= 0.6 is 11.6 Å². The summed E-state index contributed by atoms with van der Waals surface area (Å²) >= 11 is 5.90. The molecule has 0 saturated carbocycles. The molecule has 120 valence electrons. The molecule has 1 amide bonds. The molecule has 3 aromatic rings. The van der Waals surface area contributed by atoms with Crippen LogP contribution in [0.15, 0.2) is 66.9 Å². The van der Waals surface area contributed by atoms with E-state index in [0.717, 1.165) is 11.4 Å². The van der Waals surface area contributed by atoms with Gasteiger partial charge in [-0.3, -0.25) is 4.79 Å². The molecule has 0 fully saturated rings. The number of amides is 1. The number of aryl methyl sites for hydroxylation is 1. The number of anilines is 3. The fraction of sp³-hybridized carbons (Fsp3) is 0.0526. The molecule has 0 radical (unpaired) electrons. The Kier molecular flexibility index (Phi) is 4.77. The molecule has 0 bridgehead atoms. The summed E-state index contributed by atoms with van der Waals surface area (Å²) in [5.41, 5.74) is 3.51. The highest BCUT2D eigenvalue weighted by molar-refractivity contribution is 6.31. The minimum atomic E-state index is -0.246. The van der Waals surface area contributed by atoms with Crippen molar-refractivity contribution in [2.24, 2.45) is 0 Å². The van der Waals surface area contributed by atoms with E-state index in [1.54, 1.807) is 36.5 Å². The van der Waals surface area contributed by atoms with Crippen LogP contribution < -0.4 is 10.6 Å². The second kappa shape index (κ2) is 7.15. The molecule has 0 saturated heterocycles. The van der Waals surface area contributed by atoms with E-state index in [1.807, 2.05) is 31.2 Å². The van der Waals surface area contributed by atoms with E-state index in [2.05, 4.69) is 21.7 Å². The molecule has 4 nitrogen and oxygen atoms in total. The lowest BCUT2D eigenvalue weighted by Gasteiger charge is -2.08. The van der Waals surface area contributed by atoms with E-state index in [-0.39, 0.29) is 5.91 Å². The fourth-order valence-electron chi connectivity index (χ4n) is 2.25. The van der Waals surface area contributed by atoms with Gasteiger partial charge in [-0.15, -0.1) is 0 Å². The highest BCUT2D eigenvalue weighted by atomic mass is 35.5. The molecular weight excluding hydrogens is 322 g/mol. The average Bonchev–Trinajstić information content (AvgIpc) is 2.57. The fourth-order valence-corrected chi connectivity index (χ4v) is 2.44. The monoisotopic (exact) mass is 337 g/mol. The van der Waals surface area contributed by atoms with Gasteiger partial charge in [-0.2, -0.15) is 0 Å². The largest absolute Gasteiger partial charge is 0.354 e. The van der Waals surface area contributed by atoms with Crippen molar-refractivity contribution in [2.45, 2.75) is 6.92 Å². The van der Waals surface area contributed by atoms with Gasteiger partial charge in [0.1, 0.15) is 5.82 Å². The van der Waals surface area contributed by atoms with E-state index < -0.39 is 0 Å².